The number of aliphatic hydroxyl groups excluding tert-OH is 1. The molecular weight excluding hydrogens is 522 g/mol. The summed E-state index contributed by atoms with van der Waals surface area (Å²) in [5.41, 5.74) is 0.0712. The van der Waals surface area contributed by atoms with Gasteiger partial charge in [0, 0.05) is 0 Å². The number of nitrogens with zero attached hydrogens (tertiary/aromatic N) is 3. The largest absolute Gasteiger partial charge is 0.477 e. The molecule has 3 N–H and O–H groups in total. The zero-order valence-corrected chi connectivity index (χ0v) is 20.0. The molecule has 206 valence electrons. The molecule has 0 saturated heterocycles. The molecule has 2 aromatic rings. The number of aromatic nitrogens is 3. The van der Waals surface area contributed by atoms with Crippen molar-refractivity contribution in [1.29, 1.82) is 0 Å². The molecule has 0 aromatic carbocycles. The van der Waals surface area contributed by atoms with E-state index in [0.717, 1.165) is 6.08 Å². The number of rotatable bonds is 5. The fraction of sp³-hybridized carbons (Fsp3) is 0.375. The first-order valence-corrected chi connectivity index (χ1v) is 11.2. The van der Waals surface area contributed by atoms with E-state index in [1.54, 1.807) is 6.92 Å². The molecule has 3 rings (SSSR count). The number of anilines is 1. The lowest BCUT2D eigenvalue weighted by Gasteiger charge is -2.35. The highest BCUT2D eigenvalue weighted by Gasteiger charge is 2.65. The van der Waals surface area contributed by atoms with Gasteiger partial charge in [0.05, 0.1) is 18.9 Å². The Morgan fingerprint density at radius 2 is 2.03 bits per heavy atom. The molecule has 0 saturated carbocycles. The summed E-state index contributed by atoms with van der Waals surface area (Å²) >= 11 is 0. The van der Waals surface area contributed by atoms with E-state index in [1.165, 1.54) is 30.4 Å². The van der Waals surface area contributed by atoms with Crippen LogP contribution in [-0.4, -0.2) is 45.8 Å². The number of hydrogen-bond acceptors (Lipinski definition) is 8. The van der Waals surface area contributed by atoms with E-state index in [1.807, 2.05) is 0 Å². The molecule has 2 atom stereocenters. The average Bonchev–Trinajstić information content (AvgIpc) is 3.32. The van der Waals surface area contributed by atoms with Crippen molar-refractivity contribution in [1.82, 2.24) is 15.2 Å². The van der Waals surface area contributed by atoms with Gasteiger partial charge in [-0.15, -0.1) is 10.2 Å². The van der Waals surface area contributed by atoms with Crippen molar-refractivity contribution in [3.63, 3.8) is 0 Å². The van der Waals surface area contributed by atoms with E-state index < -0.39 is 65.3 Å². The summed E-state index contributed by atoms with van der Waals surface area (Å²) in [6.07, 6.45) is -4.51. The zero-order chi connectivity index (χ0) is 28.1. The van der Waals surface area contributed by atoms with E-state index >= 15 is 0 Å². The summed E-state index contributed by atoms with van der Waals surface area (Å²) in [6.45, 7) is 4.16. The van der Waals surface area contributed by atoms with Crippen molar-refractivity contribution in [2.45, 2.75) is 43.8 Å². The van der Waals surface area contributed by atoms with Crippen LogP contribution in [0.4, 0.5) is 32.0 Å². The van der Waals surface area contributed by atoms with E-state index in [9.17, 15) is 31.4 Å². The Hall–Kier alpha value is -3.65. The maximum Gasteiger partial charge on any atom is 0.429 e. The zero-order valence-electron chi connectivity index (χ0n) is 20.0. The molecular formula is C24H24F6N4O4. The molecule has 0 radical (unpaired) electrons. The third kappa shape index (κ3) is 5.91. The molecule has 0 aliphatic carbocycles. The van der Waals surface area contributed by atoms with Gasteiger partial charge < -0.3 is 24.7 Å². The number of ether oxygens (including phenoxy) is 2. The molecule has 1 aliphatic rings. The number of fused-ring (bicyclic) bond motifs is 5. The Kier molecular flexibility index (Phi) is 8.67. The molecule has 2 unspecified atom stereocenters. The highest BCUT2D eigenvalue weighted by Crippen LogP contribution is 2.46. The maximum atomic E-state index is 14.7. The van der Waals surface area contributed by atoms with Crippen LogP contribution in [0.15, 0.2) is 59.1 Å². The second kappa shape index (κ2) is 11.4. The maximum absolute atomic E-state index is 14.7. The summed E-state index contributed by atoms with van der Waals surface area (Å²) in [7, 11) is 0. The number of pyridine rings is 1. The summed E-state index contributed by atoms with van der Waals surface area (Å²) in [4.78, 5) is 3.73. The van der Waals surface area contributed by atoms with E-state index in [4.69, 9.17) is 19.6 Å². The van der Waals surface area contributed by atoms with Gasteiger partial charge in [-0.2, -0.15) is 26.3 Å². The normalized spacial score (nSPS) is 22.1. The van der Waals surface area contributed by atoms with Crippen LogP contribution in [0.1, 0.15) is 31.2 Å². The van der Waals surface area contributed by atoms with Crippen LogP contribution >= 0.6 is 0 Å². The quantitative estimate of drug-likeness (QED) is 0.296. The molecule has 4 bridgehead atoms. The number of hydrogen-bond donors (Lipinski definition) is 2. The van der Waals surface area contributed by atoms with Crippen LogP contribution in [0.25, 0.3) is 11.6 Å². The fourth-order valence-electron chi connectivity index (χ4n) is 3.46. The fourth-order valence-corrected chi connectivity index (χ4v) is 3.46. The first-order valence-electron chi connectivity index (χ1n) is 11.2. The Morgan fingerprint density at radius 3 is 2.66 bits per heavy atom. The number of alkyl halides is 6. The summed E-state index contributed by atoms with van der Waals surface area (Å²) in [5, 5.41) is 17.7. The SMILES string of the molecule is C=C/C=C\C(=C/C)COC1(C(F)(F)F)c2nnc(o2)-c2nc(c(C(F)(F)F)cc2N)OCCC/C=C/C1O. The third-order valence-corrected chi connectivity index (χ3v) is 5.46. The van der Waals surface area contributed by atoms with Crippen molar-refractivity contribution in [2.75, 3.05) is 18.9 Å². The van der Waals surface area contributed by atoms with E-state index in [2.05, 4.69) is 21.8 Å². The van der Waals surface area contributed by atoms with Gasteiger partial charge in [0.2, 0.25) is 5.88 Å². The van der Waals surface area contributed by atoms with Crippen LogP contribution in [0.3, 0.4) is 0 Å². The van der Waals surface area contributed by atoms with Crippen molar-refractivity contribution in [3.05, 3.63) is 66.1 Å². The molecule has 14 heteroatoms. The molecule has 3 heterocycles. The van der Waals surface area contributed by atoms with Crippen molar-refractivity contribution in [2.24, 2.45) is 0 Å². The standard InChI is InChI=1S/C24H24F6N4O4/c1-3-5-9-14(4-2)13-37-22(24(28,29)30)17(35)10-7-6-8-11-36-19-15(23(25,26)27)12-16(31)18(32-19)20-33-34-21(22)38-20/h3-5,7,9-10,12,17,35H,1,6,8,11,13,31H2,2H3/b9-5-,10-7+,14-4+. The van der Waals surface area contributed by atoms with Crippen molar-refractivity contribution < 1.29 is 45.3 Å². The Morgan fingerprint density at radius 1 is 1.29 bits per heavy atom. The Labute approximate surface area is 213 Å². The molecule has 0 amide bonds. The van der Waals surface area contributed by atoms with Gasteiger partial charge in [0.25, 0.3) is 17.4 Å². The lowest BCUT2D eigenvalue weighted by atomic mass is 9.94. The van der Waals surface area contributed by atoms with Crippen molar-refractivity contribution >= 4 is 5.69 Å². The summed E-state index contributed by atoms with van der Waals surface area (Å²) in [6, 6.07) is 0.514. The van der Waals surface area contributed by atoms with Crippen molar-refractivity contribution in [3.8, 4) is 17.5 Å². The van der Waals surface area contributed by atoms with E-state index in [0.29, 0.717) is 11.6 Å². The van der Waals surface area contributed by atoms with Gasteiger partial charge >= 0.3 is 12.4 Å². The molecule has 0 spiro atoms. The molecule has 1 aliphatic heterocycles. The number of aliphatic hydroxyl groups is 1. The van der Waals surface area contributed by atoms with Crippen LogP contribution in [0, 0.1) is 0 Å². The second-order valence-electron chi connectivity index (χ2n) is 8.03. The topological polar surface area (TPSA) is 117 Å². The molecule has 8 nitrogen and oxygen atoms in total. The highest BCUT2D eigenvalue weighted by atomic mass is 19.4. The smallest absolute Gasteiger partial charge is 0.429 e. The minimum atomic E-state index is -5.30. The highest BCUT2D eigenvalue weighted by molar-refractivity contribution is 5.68. The van der Waals surface area contributed by atoms with Crippen LogP contribution in [0.5, 0.6) is 5.88 Å². The third-order valence-electron chi connectivity index (χ3n) is 5.46. The monoisotopic (exact) mass is 546 g/mol. The van der Waals surface area contributed by atoms with Gasteiger partial charge in [-0.1, -0.05) is 43.0 Å². The average molecular weight is 546 g/mol. The second-order valence-corrected chi connectivity index (χ2v) is 8.03. The van der Waals surface area contributed by atoms with Gasteiger partial charge in [-0.05, 0) is 31.4 Å². The number of nitrogen functional groups attached to an aromatic ring is 1. The van der Waals surface area contributed by atoms with Crippen LogP contribution in [0.2, 0.25) is 0 Å². The van der Waals surface area contributed by atoms with Crippen LogP contribution < -0.4 is 10.5 Å². The number of allylic oxidation sites excluding steroid dienone is 4. The minimum Gasteiger partial charge on any atom is -0.477 e. The predicted molar refractivity (Wildman–Crippen MR) is 124 cm³/mol. The molecule has 38 heavy (non-hydrogen) atoms. The van der Waals surface area contributed by atoms with Gasteiger partial charge in [-0.3, -0.25) is 0 Å². The first-order chi connectivity index (χ1) is 17.8. The molecule has 2 aromatic heterocycles. The Bertz CT molecular complexity index is 1240. The lowest BCUT2D eigenvalue weighted by molar-refractivity contribution is -0.313. The Balaban J connectivity index is 2.22. The van der Waals surface area contributed by atoms with Crippen LogP contribution in [-0.2, 0) is 16.5 Å². The van der Waals surface area contributed by atoms with Gasteiger partial charge in [0.15, 0.2) is 5.69 Å². The summed E-state index contributed by atoms with van der Waals surface area (Å²) in [5.74, 6) is -2.80. The summed E-state index contributed by atoms with van der Waals surface area (Å²) < 4.78 is 100. The van der Waals surface area contributed by atoms with E-state index in [-0.39, 0.29) is 19.4 Å². The number of halogens is 6. The molecule has 0 fully saturated rings. The van der Waals surface area contributed by atoms with Gasteiger partial charge in [0.1, 0.15) is 11.7 Å². The lowest BCUT2D eigenvalue weighted by Crippen LogP contribution is -2.53. The predicted octanol–water partition coefficient (Wildman–Crippen LogP) is 5.29. The minimum absolute atomic E-state index is 0.0471. The van der Waals surface area contributed by atoms with Gasteiger partial charge in [-0.25, -0.2) is 4.98 Å². The number of nitrogens with two attached hydrogens (primary N) is 1. The first kappa shape index (κ1) is 28.9.